The Hall–Kier alpha value is -3.54. The molecule has 8 nitrogen and oxygen atoms in total. The van der Waals surface area contributed by atoms with Crippen molar-refractivity contribution in [1.82, 2.24) is 10.0 Å². The average Bonchev–Trinajstić information content (AvgIpc) is 3.24. The van der Waals surface area contributed by atoms with Crippen molar-refractivity contribution in [3.8, 4) is 22.5 Å². The van der Waals surface area contributed by atoms with Gasteiger partial charge in [0.15, 0.2) is 0 Å². The Balaban J connectivity index is 1.96. The van der Waals surface area contributed by atoms with Crippen LogP contribution in [0, 0.1) is 5.82 Å². The number of halogens is 1. The summed E-state index contributed by atoms with van der Waals surface area (Å²) in [5, 5.41) is 3.10. The first-order valence-electron chi connectivity index (χ1n) is 11.2. The lowest BCUT2D eigenvalue weighted by Gasteiger charge is -2.21. The summed E-state index contributed by atoms with van der Waals surface area (Å²) in [7, 11) is -1.85. The quantitative estimate of drug-likeness (QED) is 0.349. The molecule has 2 N–H and O–H groups in total. The van der Waals surface area contributed by atoms with Crippen molar-refractivity contribution < 1.29 is 26.2 Å². The van der Waals surface area contributed by atoms with Crippen molar-refractivity contribution in [2.75, 3.05) is 30.9 Å². The number of fused-ring (bicyclic) bond motifs is 1. The topological polar surface area (TPSA) is 109 Å². The van der Waals surface area contributed by atoms with Crippen molar-refractivity contribution in [3.05, 3.63) is 77.6 Å². The van der Waals surface area contributed by atoms with Crippen LogP contribution in [0.25, 0.3) is 33.4 Å². The molecule has 1 heterocycles. The highest BCUT2D eigenvalue weighted by Crippen LogP contribution is 2.41. The summed E-state index contributed by atoms with van der Waals surface area (Å²) in [6.07, 6.45) is 2.65. The molecule has 0 spiro atoms. The molecule has 4 rings (SSSR count). The summed E-state index contributed by atoms with van der Waals surface area (Å²) in [5.41, 5.74) is 3.59. The lowest BCUT2D eigenvalue weighted by Crippen LogP contribution is -2.25. The van der Waals surface area contributed by atoms with Crippen LogP contribution in [0.5, 0.6) is 0 Å². The van der Waals surface area contributed by atoms with Crippen LogP contribution in [0.15, 0.2) is 65.1 Å². The third-order valence-corrected chi connectivity index (χ3v) is 7.69. The van der Waals surface area contributed by atoms with E-state index in [4.69, 9.17) is 4.42 Å². The van der Waals surface area contributed by atoms with Crippen LogP contribution in [-0.2, 0) is 27.6 Å². The zero-order valence-electron chi connectivity index (χ0n) is 20.7. The molecule has 1 amide bonds. The molecule has 11 heteroatoms. The summed E-state index contributed by atoms with van der Waals surface area (Å²) in [6.45, 7) is 0.405. The summed E-state index contributed by atoms with van der Waals surface area (Å²) < 4.78 is 60.0. The van der Waals surface area contributed by atoms with E-state index in [0.717, 1.165) is 16.1 Å². The molecule has 194 valence electrons. The maximum Gasteiger partial charge on any atom is 0.255 e. The van der Waals surface area contributed by atoms with E-state index in [1.54, 1.807) is 18.4 Å². The van der Waals surface area contributed by atoms with Crippen LogP contribution in [0.3, 0.4) is 0 Å². The lowest BCUT2D eigenvalue weighted by atomic mass is 9.97. The fraction of sp³-hybridized carbons (Fsp3) is 0.192. The standard InChI is InChI=1S/C26H26FN3O5S2/c1-28-26(31)24-21-13-20(17-7-5-16(6-8-17)15-29-36(3)32)22(30(2)37(4,33)34)14-23(21)35-25(24)18-9-11-19(27)12-10-18/h5-14,29H,15H2,1-4H3,(H,28,31). The predicted molar refractivity (Wildman–Crippen MR) is 145 cm³/mol. The van der Waals surface area contributed by atoms with Crippen LogP contribution < -0.4 is 14.3 Å². The van der Waals surface area contributed by atoms with E-state index < -0.39 is 32.7 Å². The van der Waals surface area contributed by atoms with Crippen molar-refractivity contribution in [2.45, 2.75) is 6.54 Å². The minimum atomic E-state index is -3.64. The molecule has 0 radical (unpaired) electrons. The molecule has 0 aliphatic carbocycles. The van der Waals surface area contributed by atoms with E-state index in [1.165, 1.54) is 38.4 Å². The number of nitrogens with zero attached hydrogens (tertiary/aromatic N) is 1. The van der Waals surface area contributed by atoms with Crippen molar-refractivity contribution >= 4 is 43.6 Å². The molecule has 0 fully saturated rings. The Morgan fingerprint density at radius 1 is 1.05 bits per heavy atom. The molecule has 1 atom stereocenters. The smallest absolute Gasteiger partial charge is 0.255 e. The Morgan fingerprint density at radius 2 is 1.68 bits per heavy atom. The van der Waals surface area contributed by atoms with Gasteiger partial charge in [0.2, 0.25) is 10.0 Å². The first-order chi connectivity index (χ1) is 17.5. The van der Waals surface area contributed by atoms with Gasteiger partial charge in [0.1, 0.15) is 17.2 Å². The average molecular weight is 544 g/mol. The van der Waals surface area contributed by atoms with Gasteiger partial charge in [-0.3, -0.25) is 9.10 Å². The van der Waals surface area contributed by atoms with Crippen LogP contribution >= 0.6 is 0 Å². The third kappa shape index (κ3) is 5.58. The molecule has 0 saturated heterocycles. The maximum atomic E-state index is 13.6. The molecule has 1 unspecified atom stereocenters. The molecule has 37 heavy (non-hydrogen) atoms. The monoisotopic (exact) mass is 543 g/mol. The highest BCUT2D eigenvalue weighted by atomic mass is 32.2. The number of furan rings is 1. The van der Waals surface area contributed by atoms with Crippen molar-refractivity contribution in [3.63, 3.8) is 0 Å². The fourth-order valence-corrected chi connectivity index (χ4v) is 4.82. The Labute approximate surface area is 217 Å². The van der Waals surface area contributed by atoms with Gasteiger partial charge in [-0.1, -0.05) is 24.3 Å². The van der Waals surface area contributed by atoms with Gasteiger partial charge in [-0.05, 0) is 41.5 Å². The number of hydrogen-bond donors (Lipinski definition) is 2. The normalized spacial score (nSPS) is 12.5. The van der Waals surface area contributed by atoms with Gasteiger partial charge in [0.05, 0.1) is 28.5 Å². The molecular weight excluding hydrogens is 517 g/mol. The number of carbonyl (C=O) groups is 1. The van der Waals surface area contributed by atoms with Crippen LogP contribution in [0.1, 0.15) is 15.9 Å². The van der Waals surface area contributed by atoms with Gasteiger partial charge in [-0.2, -0.15) is 0 Å². The summed E-state index contributed by atoms with van der Waals surface area (Å²) in [6, 6.07) is 16.2. The molecule has 0 aliphatic rings. The largest absolute Gasteiger partial charge is 0.455 e. The first-order valence-corrected chi connectivity index (χ1v) is 14.6. The van der Waals surface area contributed by atoms with Gasteiger partial charge >= 0.3 is 0 Å². The number of carbonyl (C=O) groups excluding carboxylic acids is 1. The van der Waals surface area contributed by atoms with Crippen LogP contribution in [0.4, 0.5) is 10.1 Å². The van der Waals surface area contributed by atoms with Gasteiger partial charge in [0, 0.05) is 49.5 Å². The second-order valence-electron chi connectivity index (χ2n) is 8.46. The van der Waals surface area contributed by atoms with Crippen LogP contribution in [-0.4, -0.2) is 45.1 Å². The fourth-order valence-electron chi connectivity index (χ4n) is 3.94. The van der Waals surface area contributed by atoms with Crippen LogP contribution in [0.2, 0.25) is 0 Å². The SMILES string of the molecule is CNC(=O)c1c(-c2ccc(F)cc2)oc2cc(N(C)S(C)(=O)=O)c(-c3ccc(CNS(C)=O)cc3)cc12. The van der Waals surface area contributed by atoms with E-state index in [-0.39, 0.29) is 11.3 Å². The molecule has 4 aromatic rings. The molecule has 3 aromatic carbocycles. The number of rotatable bonds is 8. The molecule has 0 bridgehead atoms. The molecular formula is C26H26FN3O5S2. The highest BCUT2D eigenvalue weighted by Gasteiger charge is 2.25. The highest BCUT2D eigenvalue weighted by molar-refractivity contribution is 7.92. The number of benzene rings is 3. The number of nitrogens with one attached hydrogen (secondary N) is 2. The number of anilines is 1. The van der Waals surface area contributed by atoms with E-state index in [0.29, 0.717) is 39.9 Å². The minimum absolute atomic E-state index is 0.244. The van der Waals surface area contributed by atoms with Gasteiger partial charge in [0.25, 0.3) is 5.91 Å². The summed E-state index contributed by atoms with van der Waals surface area (Å²) in [5.74, 6) is -0.583. The zero-order chi connectivity index (χ0) is 26.9. The maximum absolute atomic E-state index is 13.6. The number of sulfonamides is 1. The van der Waals surface area contributed by atoms with E-state index in [1.807, 2.05) is 24.3 Å². The number of amides is 1. The number of hydrogen-bond acceptors (Lipinski definition) is 5. The second-order valence-corrected chi connectivity index (χ2v) is 11.7. The molecule has 0 aliphatic heterocycles. The zero-order valence-corrected chi connectivity index (χ0v) is 22.3. The summed E-state index contributed by atoms with van der Waals surface area (Å²) in [4.78, 5) is 13.0. The Morgan fingerprint density at radius 3 is 2.24 bits per heavy atom. The molecule has 1 aromatic heterocycles. The van der Waals surface area contributed by atoms with Crippen molar-refractivity contribution in [1.29, 1.82) is 0 Å². The van der Waals surface area contributed by atoms with E-state index >= 15 is 0 Å². The third-order valence-electron chi connectivity index (χ3n) is 5.95. The summed E-state index contributed by atoms with van der Waals surface area (Å²) >= 11 is 0. The Kier molecular flexibility index (Phi) is 7.49. The Bertz CT molecular complexity index is 1600. The second kappa shape index (κ2) is 10.4. The van der Waals surface area contributed by atoms with Gasteiger partial charge < -0.3 is 9.73 Å². The van der Waals surface area contributed by atoms with Crippen molar-refractivity contribution in [2.24, 2.45) is 0 Å². The van der Waals surface area contributed by atoms with Gasteiger partial charge in [-0.15, -0.1) is 0 Å². The predicted octanol–water partition coefficient (Wildman–Crippen LogP) is 4.04. The minimum Gasteiger partial charge on any atom is -0.455 e. The van der Waals surface area contributed by atoms with Gasteiger partial charge in [-0.25, -0.2) is 21.7 Å². The van der Waals surface area contributed by atoms with E-state index in [2.05, 4.69) is 10.0 Å². The van der Waals surface area contributed by atoms with E-state index in [9.17, 15) is 21.8 Å². The first kappa shape index (κ1) is 26.5. The lowest BCUT2D eigenvalue weighted by molar-refractivity contribution is 0.0964. The molecule has 0 saturated carbocycles.